The van der Waals surface area contributed by atoms with Gasteiger partial charge in [-0.05, 0) is 37.7 Å². The molecule has 1 atom stereocenters. The smallest absolute Gasteiger partial charge is 0.323 e. The molecule has 0 aliphatic carbocycles. The number of carbonyl (C=O) groups is 1. The maximum Gasteiger partial charge on any atom is 0.323 e. The Kier molecular flexibility index (Phi) is 5.24. The van der Waals surface area contributed by atoms with E-state index < -0.39 is 11.5 Å². The van der Waals surface area contributed by atoms with Gasteiger partial charge in [-0.3, -0.25) is 4.79 Å². The Morgan fingerprint density at radius 1 is 1.65 bits per heavy atom. The van der Waals surface area contributed by atoms with Gasteiger partial charge in [0, 0.05) is 6.20 Å². The standard InChI is InChI=1S/C11H15ClN2O2S/c1-11(13,10(15)16)5-2-6-17-9-4-3-8(12)7-14-9/h3-4,7H,2,5-6,13H2,1H3,(H,15,16). The summed E-state index contributed by atoms with van der Waals surface area (Å²) in [5, 5.41) is 10.3. The molecule has 0 saturated heterocycles. The molecule has 0 spiro atoms. The summed E-state index contributed by atoms with van der Waals surface area (Å²) in [6, 6.07) is 3.62. The number of thioether (sulfide) groups is 1. The number of hydrogen-bond donors (Lipinski definition) is 2. The topological polar surface area (TPSA) is 76.2 Å². The largest absolute Gasteiger partial charge is 0.480 e. The molecular weight excluding hydrogens is 260 g/mol. The van der Waals surface area contributed by atoms with Gasteiger partial charge >= 0.3 is 5.97 Å². The fourth-order valence-corrected chi connectivity index (χ4v) is 2.07. The molecule has 17 heavy (non-hydrogen) atoms. The van der Waals surface area contributed by atoms with Gasteiger partial charge in [0.05, 0.1) is 10.0 Å². The van der Waals surface area contributed by atoms with Crippen molar-refractivity contribution in [2.75, 3.05) is 5.75 Å². The van der Waals surface area contributed by atoms with Gasteiger partial charge in [-0.15, -0.1) is 11.8 Å². The number of rotatable bonds is 6. The molecule has 3 N–H and O–H groups in total. The zero-order valence-corrected chi connectivity index (χ0v) is 11.1. The second-order valence-corrected chi connectivity index (χ2v) is 5.54. The van der Waals surface area contributed by atoms with Crippen LogP contribution in [0.4, 0.5) is 0 Å². The highest BCUT2D eigenvalue weighted by atomic mass is 35.5. The number of carboxylic acids is 1. The summed E-state index contributed by atoms with van der Waals surface area (Å²) in [6.45, 7) is 1.53. The molecule has 0 bridgehead atoms. The van der Waals surface area contributed by atoms with Crippen LogP contribution in [0.1, 0.15) is 19.8 Å². The average molecular weight is 275 g/mol. The maximum atomic E-state index is 10.8. The summed E-state index contributed by atoms with van der Waals surface area (Å²) >= 11 is 7.28. The third-order valence-corrected chi connectivity index (χ3v) is 3.53. The Morgan fingerprint density at radius 2 is 2.35 bits per heavy atom. The van der Waals surface area contributed by atoms with E-state index in [0.717, 1.165) is 17.2 Å². The zero-order valence-electron chi connectivity index (χ0n) is 9.52. The van der Waals surface area contributed by atoms with Crippen LogP contribution < -0.4 is 5.73 Å². The maximum absolute atomic E-state index is 10.8. The molecule has 94 valence electrons. The van der Waals surface area contributed by atoms with Gasteiger partial charge in [-0.25, -0.2) is 4.98 Å². The number of carboxylic acid groups (broad SMARTS) is 1. The van der Waals surface area contributed by atoms with Gasteiger partial charge in [0.15, 0.2) is 0 Å². The monoisotopic (exact) mass is 274 g/mol. The van der Waals surface area contributed by atoms with E-state index in [0.29, 0.717) is 11.4 Å². The van der Waals surface area contributed by atoms with Crippen LogP contribution in [-0.4, -0.2) is 27.4 Å². The fraction of sp³-hybridized carbons (Fsp3) is 0.455. The summed E-state index contributed by atoms with van der Waals surface area (Å²) < 4.78 is 0. The summed E-state index contributed by atoms with van der Waals surface area (Å²) in [5.41, 5.74) is 4.47. The van der Waals surface area contributed by atoms with Crippen LogP contribution in [0.25, 0.3) is 0 Å². The quantitative estimate of drug-likeness (QED) is 0.615. The van der Waals surface area contributed by atoms with Crippen LogP contribution >= 0.6 is 23.4 Å². The molecule has 1 heterocycles. The molecule has 0 aliphatic heterocycles. The SMILES string of the molecule is CC(N)(CCCSc1ccc(Cl)cn1)C(=O)O. The van der Waals surface area contributed by atoms with Crippen molar-refractivity contribution in [3.63, 3.8) is 0 Å². The van der Waals surface area contributed by atoms with Crippen molar-refractivity contribution in [1.29, 1.82) is 0 Å². The molecule has 0 saturated carbocycles. The number of nitrogens with zero attached hydrogens (tertiary/aromatic N) is 1. The number of pyridine rings is 1. The zero-order chi connectivity index (χ0) is 12.9. The molecule has 0 aromatic carbocycles. The van der Waals surface area contributed by atoms with Crippen molar-refractivity contribution in [3.8, 4) is 0 Å². The predicted octanol–water partition coefficient (Wildman–Crippen LogP) is 2.41. The minimum Gasteiger partial charge on any atom is -0.480 e. The molecule has 1 aromatic heterocycles. The average Bonchev–Trinajstić information content (AvgIpc) is 2.26. The second kappa shape index (κ2) is 6.23. The summed E-state index contributed by atoms with van der Waals surface area (Å²) in [5.74, 6) is -0.179. The van der Waals surface area contributed by atoms with Crippen molar-refractivity contribution < 1.29 is 9.90 Å². The Hall–Kier alpha value is -0.780. The van der Waals surface area contributed by atoms with Crippen molar-refractivity contribution in [3.05, 3.63) is 23.4 Å². The van der Waals surface area contributed by atoms with Gasteiger partial charge in [0.25, 0.3) is 0 Å². The van der Waals surface area contributed by atoms with Crippen LogP contribution in [-0.2, 0) is 4.79 Å². The summed E-state index contributed by atoms with van der Waals surface area (Å²) in [4.78, 5) is 14.9. The van der Waals surface area contributed by atoms with E-state index in [2.05, 4.69) is 4.98 Å². The van der Waals surface area contributed by atoms with Crippen LogP contribution in [0.2, 0.25) is 5.02 Å². The van der Waals surface area contributed by atoms with E-state index in [1.165, 1.54) is 6.92 Å². The minimum absolute atomic E-state index is 0.447. The third kappa shape index (κ3) is 4.93. The van der Waals surface area contributed by atoms with Gasteiger partial charge < -0.3 is 10.8 Å². The van der Waals surface area contributed by atoms with Gasteiger partial charge in [-0.2, -0.15) is 0 Å². The van der Waals surface area contributed by atoms with E-state index in [1.807, 2.05) is 6.07 Å². The number of aliphatic carboxylic acids is 1. The number of halogens is 1. The predicted molar refractivity (Wildman–Crippen MR) is 69.4 cm³/mol. The van der Waals surface area contributed by atoms with Crippen molar-refractivity contribution in [2.45, 2.75) is 30.3 Å². The molecule has 0 radical (unpaired) electrons. The lowest BCUT2D eigenvalue weighted by Gasteiger charge is -2.18. The van der Waals surface area contributed by atoms with E-state index in [1.54, 1.807) is 24.0 Å². The van der Waals surface area contributed by atoms with Crippen molar-refractivity contribution in [1.82, 2.24) is 4.98 Å². The number of aromatic nitrogens is 1. The first-order valence-electron chi connectivity index (χ1n) is 5.18. The van der Waals surface area contributed by atoms with E-state index in [4.69, 9.17) is 22.4 Å². The Morgan fingerprint density at radius 3 is 2.88 bits per heavy atom. The van der Waals surface area contributed by atoms with E-state index in [9.17, 15) is 4.79 Å². The summed E-state index contributed by atoms with van der Waals surface area (Å²) in [7, 11) is 0. The van der Waals surface area contributed by atoms with Crippen LogP contribution in [0, 0.1) is 0 Å². The lowest BCUT2D eigenvalue weighted by molar-refractivity contribution is -0.142. The molecular formula is C11H15ClN2O2S. The van der Waals surface area contributed by atoms with Crippen LogP contribution in [0.3, 0.4) is 0 Å². The Labute approximate surface area is 110 Å². The highest BCUT2D eigenvalue weighted by molar-refractivity contribution is 7.99. The van der Waals surface area contributed by atoms with Gasteiger partial charge in [0.1, 0.15) is 5.54 Å². The normalized spacial score (nSPS) is 14.3. The molecule has 0 aliphatic rings. The fourth-order valence-electron chi connectivity index (χ4n) is 1.17. The minimum atomic E-state index is -1.14. The third-order valence-electron chi connectivity index (χ3n) is 2.28. The highest BCUT2D eigenvalue weighted by Crippen LogP contribution is 2.20. The molecule has 4 nitrogen and oxygen atoms in total. The van der Waals surface area contributed by atoms with Gasteiger partial charge in [0.2, 0.25) is 0 Å². The van der Waals surface area contributed by atoms with Crippen LogP contribution in [0.15, 0.2) is 23.4 Å². The molecule has 0 amide bonds. The molecule has 0 fully saturated rings. The first-order chi connectivity index (χ1) is 7.92. The number of nitrogens with two attached hydrogens (primary N) is 1. The van der Waals surface area contributed by atoms with E-state index in [-0.39, 0.29) is 0 Å². The lowest BCUT2D eigenvalue weighted by Crippen LogP contribution is -2.44. The molecule has 1 unspecified atom stereocenters. The molecule has 6 heteroatoms. The highest BCUT2D eigenvalue weighted by Gasteiger charge is 2.26. The molecule has 1 rings (SSSR count). The first kappa shape index (κ1) is 14.3. The first-order valence-corrected chi connectivity index (χ1v) is 6.55. The van der Waals surface area contributed by atoms with Crippen molar-refractivity contribution >= 4 is 29.3 Å². The van der Waals surface area contributed by atoms with E-state index >= 15 is 0 Å². The lowest BCUT2D eigenvalue weighted by atomic mass is 9.98. The Balaban J connectivity index is 2.29. The van der Waals surface area contributed by atoms with Crippen molar-refractivity contribution in [2.24, 2.45) is 5.73 Å². The molecule has 1 aromatic rings. The van der Waals surface area contributed by atoms with Gasteiger partial charge in [-0.1, -0.05) is 11.6 Å². The second-order valence-electron chi connectivity index (χ2n) is 3.99. The number of hydrogen-bond acceptors (Lipinski definition) is 4. The van der Waals surface area contributed by atoms with Crippen LogP contribution in [0.5, 0.6) is 0 Å². The summed E-state index contributed by atoms with van der Waals surface area (Å²) in [6.07, 6.45) is 2.77. The Bertz CT molecular complexity index is 382.